The minimum Gasteiger partial charge on any atom is -0.493 e. The van der Waals surface area contributed by atoms with Crippen LogP contribution in [0.3, 0.4) is 0 Å². The highest BCUT2D eigenvalue weighted by Gasteiger charge is 2.12. The van der Waals surface area contributed by atoms with Crippen LogP contribution in [-0.4, -0.2) is 18.3 Å². The van der Waals surface area contributed by atoms with Crippen LogP contribution in [0.1, 0.15) is 12.5 Å². The summed E-state index contributed by atoms with van der Waals surface area (Å²) in [6.45, 7) is 1.48. The minimum atomic E-state index is -0.577. The van der Waals surface area contributed by atoms with Crippen LogP contribution in [0, 0.1) is 11.3 Å². The molecule has 0 aliphatic heterocycles. The first kappa shape index (κ1) is 11.3. The third-order valence-electron chi connectivity index (χ3n) is 1.93. The standard InChI is InChI=1S/C11H13NO3/c1-8(6-12)15-11-9(7-13)4-3-5-10(11)14-2/h3-5,8,13H,7H2,1-2H3. The fraction of sp³-hybridized carbons (Fsp3) is 0.364. The van der Waals surface area contributed by atoms with E-state index in [1.165, 1.54) is 7.11 Å². The molecule has 0 aliphatic carbocycles. The van der Waals surface area contributed by atoms with Gasteiger partial charge in [-0.1, -0.05) is 12.1 Å². The summed E-state index contributed by atoms with van der Waals surface area (Å²) in [5, 5.41) is 17.8. The predicted octanol–water partition coefficient (Wildman–Crippen LogP) is 1.48. The fourth-order valence-corrected chi connectivity index (χ4v) is 1.18. The highest BCUT2D eigenvalue weighted by atomic mass is 16.5. The van der Waals surface area contributed by atoms with Crippen LogP contribution < -0.4 is 9.47 Å². The number of methoxy groups -OCH3 is 1. The van der Waals surface area contributed by atoms with Gasteiger partial charge in [-0.2, -0.15) is 5.26 Å². The zero-order valence-electron chi connectivity index (χ0n) is 8.73. The second kappa shape index (κ2) is 5.23. The Balaban J connectivity index is 3.06. The molecule has 1 N–H and O–H groups in total. The summed E-state index contributed by atoms with van der Waals surface area (Å²) in [6.07, 6.45) is -0.577. The maximum atomic E-state index is 9.11. The highest BCUT2D eigenvalue weighted by molar-refractivity contribution is 5.46. The predicted molar refractivity (Wildman–Crippen MR) is 54.6 cm³/mol. The van der Waals surface area contributed by atoms with Gasteiger partial charge in [0, 0.05) is 5.56 Å². The second-order valence-corrected chi connectivity index (χ2v) is 3.00. The van der Waals surface area contributed by atoms with Crippen LogP contribution in [0.5, 0.6) is 11.5 Å². The van der Waals surface area contributed by atoms with E-state index in [0.717, 1.165) is 0 Å². The molecule has 0 fully saturated rings. The van der Waals surface area contributed by atoms with Gasteiger partial charge >= 0.3 is 0 Å². The Hall–Kier alpha value is -1.73. The van der Waals surface area contributed by atoms with Gasteiger partial charge in [0.05, 0.1) is 13.7 Å². The molecular formula is C11H13NO3. The monoisotopic (exact) mass is 207 g/mol. The molecule has 0 saturated heterocycles. The third-order valence-corrected chi connectivity index (χ3v) is 1.93. The summed E-state index contributed by atoms with van der Waals surface area (Å²) in [5.41, 5.74) is 0.608. The molecular weight excluding hydrogens is 194 g/mol. The van der Waals surface area contributed by atoms with Crippen molar-refractivity contribution < 1.29 is 14.6 Å². The van der Waals surface area contributed by atoms with Gasteiger partial charge in [-0.15, -0.1) is 0 Å². The molecule has 1 atom stereocenters. The molecule has 15 heavy (non-hydrogen) atoms. The Kier molecular flexibility index (Phi) is 3.95. The Labute approximate surface area is 88.7 Å². The summed E-state index contributed by atoms with van der Waals surface area (Å²) in [6, 6.07) is 7.16. The molecule has 80 valence electrons. The molecule has 1 aromatic carbocycles. The smallest absolute Gasteiger partial charge is 0.181 e. The molecule has 0 saturated carbocycles. The van der Waals surface area contributed by atoms with Crippen molar-refractivity contribution in [1.82, 2.24) is 0 Å². The molecule has 0 aromatic heterocycles. The molecule has 1 unspecified atom stereocenters. The summed E-state index contributed by atoms with van der Waals surface area (Å²) in [5.74, 6) is 0.945. The number of ether oxygens (including phenoxy) is 2. The van der Waals surface area contributed by atoms with Gasteiger partial charge in [-0.3, -0.25) is 0 Å². The van der Waals surface area contributed by atoms with E-state index < -0.39 is 6.10 Å². The van der Waals surface area contributed by atoms with E-state index in [9.17, 15) is 0 Å². The Morgan fingerprint density at radius 2 is 2.27 bits per heavy atom. The van der Waals surface area contributed by atoms with Crippen molar-refractivity contribution in [1.29, 1.82) is 5.26 Å². The largest absolute Gasteiger partial charge is 0.493 e. The summed E-state index contributed by atoms with van der Waals surface area (Å²) in [7, 11) is 1.51. The molecule has 0 bridgehead atoms. The average Bonchev–Trinajstić information content (AvgIpc) is 2.29. The summed E-state index contributed by atoms with van der Waals surface area (Å²) < 4.78 is 10.4. The first-order valence-corrected chi connectivity index (χ1v) is 4.56. The van der Waals surface area contributed by atoms with Gasteiger partial charge in [0.15, 0.2) is 17.6 Å². The normalized spacial score (nSPS) is 11.6. The molecule has 0 radical (unpaired) electrons. The van der Waals surface area contributed by atoms with E-state index in [1.807, 2.05) is 6.07 Å². The lowest BCUT2D eigenvalue weighted by atomic mass is 10.2. The second-order valence-electron chi connectivity index (χ2n) is 3.00. The van der Waals surface area contributed by atoms with E-state index in [1.54, 1.807) is 25.1 Å². The molecule has 1 rings (SSSR count). The quantitative estimate of drug-likeness (QED) is 0.812. The average molecular weight is 207 g/mol. The lowest BCUT2D eigenvalue weighted by molar-refractivity contribution is 0.236. The van der Waals surface area contributed by atoms with E-state index in [2.05, 4.69) is 0 Å². The van der Waals surface area contributed by atoms with Crippen molar-refractivity contribution >= 4 is 0 Å². The number of nitriles is 1. The Bertz CT molecular complexity index is 348. The number of benzene rings is 1. The van der Waals surface area contributed by atoms with Crippen molar-refractivity contribution in [3.05, 3.63) is 23.8 Å². The van der Waals surface area contributed by atoms with Crippen LogP contribution in [0.15, 0.2) is 18.2 Å². The molecule has 0 heterocycles. The number of aliphatic hydroxyl groups excluding tert-OH is 1. The van der Waals surface area contributed by atoms with Crippen molar-refractivity contribution in [2.24, 2.45) is 0 Å². The first-order chi connectivity index (χ1) is 7.22. The maximum absolute atomic E-state index is 9.11. The van der Waals surface area contributed by atoms with Crippen LogP contribution >= 0.6 is 0 Å². The van der Waals surface area contributed by atoms with E-state index in [4.69, 9.17) is 19.8 Å². The maximum Gasteiger partial charge on any atom is 0.181 e. The van der Waals surface area contributed by atoms with Crippen molar-refractivity contribution in [2.45, 2.75) is 19.6 Å². The Morgan fingerprint density at radius 1 is 1.53 bits per heavy atom. The zero-order valence-corrected chi connectivity index (χ0v) is 8.73. The van der Waals surface area contributed by atoms with Gasteiger partial charge < -0.3 is 14.6 Å². The summed E-state index contributed by atoms with van der Waals surface area (Å²) >= 11 is 0. The number of aliphatic hydroxyl groups is 1. The molecule has 4 heteroatoms. The number of rotatable bonds is 4. The topological polar surface area (TPSA) is 62.5 Å². The highest BCUT2D eigenvalue weighted by Crippen LogP contribution is 2.31. The van der Waals surface area contributed by atoms with E-state index in [0.29, 0.717) is 17.1 Å². The van der Waals surface area contributed by atoms with Gasteiger partial charge in [0.1, 0.15) is 6.07 Å². The molecule has 1 aromatic rings. The molecule has 0 spiro atoms. The van der Waals surface area contributed by atoms with E-state index >= 15 is 0 Å². The number of hydrogen-bond donors (Lipinski definition) is 1. The SMILES string of the molecule is COc1cccc(CO)c1OC(C)C#N. The van der Waals surface area contributed by atoms with Gasteiger partial charge in [-0.25, -0.2) is 0 Å². The van der Waals surface area contributed by atoms with Gasteiger partial charge in [0.25, 0.3) is 0 Å². The first-order valence-electron chi connectivity index (χ1n) is 4.56. The summed E-state index contributed by atoms with van der Waals surface area (Å²) in [4.78, 5) is 0. The lowest BCUT2D eigenvalue weighted by Gasteiger charge is -2.14. The lowest BCUT2D eigenvalue weighted by Crippen LogP contribution is -2.10. The van der Waals surface area contributed by atoms with Crippen LogP contribution in [-0.2, 0) is 6.61 Å². The number of para-hydroxylation sites is 1. The molecule has 0 amide bonds. The van der Waals surface area contributed by atoms with Crippen LogP contribution in [0.2, 0.25) is 0 Å². The fourth-order valence-electron chi connectivity index (χ4n) is 1.18. The zero-order chi connectivity index (χ0) is 11.3. The minimum absolute atomic E-state index is 0.148. The van der Waals surface area contributed by atoms with Crippen molar-refractivity contribution in [3.63, 3.8) is 0 Å². The molecule has 0 aliphatic rings. The van der Waals surface area contributed by atoms with Crippen LogP contribution in [0.25, 0.3) is 0 Å². The van der Waals surface area contributed by atoms with Gasteiger partial charge in [0.2, 0.25) is 0 Å². The van der Waals surface area contributed by atoms with Crippen molar-refractivity contribution in [2.75, 3.05) is 7.11 Å². The third kappa shape index (κ3) is 2.61. The van der Waals surface area contributed by atoms with Gasteiger partial charge in [-0.05, 0) is 13.0 Å². The number of nitrogens with zero attached hydrogens (tertiary/aromatic N) is 1. The number of hydrogen-bond acceptors (Lipinski definition) is 4. The Morgan fingerprint density at radius 3 is 2.80 bits per heavy atom. The molecule has 4 nitrogen and oxygen atoms in total. The van der Waals surface area contributed by atoms with Crippen LogP contribution in [0.4, 0.5) is 0 Å². The van der Waals surface area contributed by atoms with Crippen molar-refractivity contribution in [3.8, 4) is 17.6 Å². The van der Waals surface area contributed by atoms with E-state index in [-0.39, 0.29) is 6.61 Å².